The van der Waals surface area contributed by atoms with E-state index in [-0.39, 0.29) is 16.7 Å². The Morgan fingerprint density at radius 2 is 0.956 bits per heavy atom. The van der Waals surface area contributed by atoms with Crippen LogP contribution >= 0.6 is 0 Å². The van der Waals surface area contributed by atoms with E-state index >= 15 is 0 Å². The van der Waals surface area contributed by atoms with Gasteiger partial charge in [-0.2, -0.15) is 0 Å². The number of phenols is 1. The fourth-order valence-corrected chi connectivity index (χ4v) is 6.06. The van der Waals surface area contributed by atoms with E-state index in [0.29, 0.717) is 12.2 Å². The molecule has 0 heterocycles. The van der Waals surface area contributed by atoms with E-state index in [1.165, 1.54) is 116 Å². The normalized spacial score (nSPS) is 12.6. The van der Waals surface area contributed by atoms with Gasteiger partial charge in [0.15, 0.2) is 0 Å². The Morgan fingerprint density at radius 1 is 0.622 bits per heavy atom. The van der Waals surface area contributed by atoms with E-state index in [4.69, 9.17) is 5.73 Å². The van der Waals surface area contributed by atoms with Crippen molar-refractivity contribution in [3.8, 4) is 5.75 Å². The minimum Gasteiger partial charge on any atom is -0.507 e. The molecule has 1 rings (SSSR count). The van der Waals surface area contributed by atoms with Gasteiger partial charge in [0.25, 0.3) is 0 Å². The predicted molar refractivity (Wildman–Crippen MR) is 198 cm³/mol. The Balaban J connectivity index is 0.00000149. The summed E-state index contributed by atoms with van der Waals surface area (Å²) in [5, 5.41) is 20.8. The van der Waals surface area contributed by atoms with Crippen molar-refractivity contribution in [2.24, 2.45) is 11.7 Å². The molecule has 1 aromatic carbocycles. The van der Waals surface area contributed by atoms with Crippen molar-refractivity contribution in [3.63, 3.8) is 0 Å². The average Bonchev–Trinajstić information content (AvgIpc) is 2.96. The largest absolute Gasteiger partial charge is 0.507 e. The molecule has 0 aliphatic rings. The van der Waals surface area contributed by atoms with E-state index in [1.54, 1.807) is 0 Å². The molecule has 4 nitrogen and oxygen atoms in total. The maximum atomic E-state index is 12.0. The second kappa shape index (κ2) is 25.5. The van der Waals surface area contributed by atoms with Gasteiger partial charge in [-0.05, 0) is 53.3 Å². The summed E-state index contributed by atoms with van der Waals surface area (Å²) in [5.74, 6) is -0.712. The molecule has 264 valence electrons. The fraction of sp³-hybridized carbons (Fsp3) is 0.829. The number of nitrogens with two attached hydrogens (primary N) is 1. The summed E-state index contributed by atoms with van der Waals surface area (Å²) in [6.07, 6.45) is 27.7. The Hall–Kier alpha value is -1.55. The number of carboxylic acids is 1. The van der Waals surface area contributed by atoms with Crippen molar-refractivity contribution >= 4 is 5.97 Å². The number of rotatable bonds is 24. The van der Waals surface area contributed by atoms with Crippen LogP contribution in [0.5, 0.6) is 5.75 Å². The number of unbranched alkanes of at least 4 members (excludes halogenated alkanes) is 18. The highest BCUT2D eigenvalue weighted by Crippen LogP contribution is 2.40. The molecule has 45 heavy (non-hydrogen) atoms. The van der Waals surface area contributed by atoms with Gasteiger partial charge in [-0.1, -0.05) is 190 Å². The summed E-state index contributed by atoms with van der Waals surface area (Å²) < 4.78 is 0. The molecule has 0 saturated carbocycles. The van der Waals surface area contributed by atoms with Crippen LogP contribution in [0.3, 0.4) is 0 Å². The SMILES string of the molecule is CCCCCCCCCCCCCCC(Cc1cc(C(C)(C)C)c(O)c(C(C)(C)C)c1)C(=O)O.CCCCCCCCCCN. The number of carboxylic acid groups (broad SMARTS) is 1. The summed E-state index contributed by atoms with van der Waals surface area (Å²) in [7, 11) is 0. The maximum absolute atomic E-state index is 12.0. The molecule has 4 N–H and O–H groups in total. The number of carbonyl (C=O) groups is 1. The fourth-order valence-electron chi connectivity index (χ4n) is 6.06. The first-order chi connectivity index (χ1) is 21.3. The number of hydrogen-bond donors (Lipinski definition) is 3. The second-order valence-corrected chi connectivity index (χ2v) is 15.7. The molecule has 0 radical (unpaired) electrons. The van der Waals surface area contributed by atoms with Gasteiger partial charge in [-0.15, -0.1) is 0 Å². The Labute approximate surface area is 280 Å². The Morgan fingerprint density at radius 3 is 1.27 bits per heavy atom. The lowest BCUT2D eigenvalue weighted by atomic mass is 9.77. The van der Waals surface area contributed by atoms with Gasteiger partial charge < -0.3 is 15.9 Å². The van der Waals surface area contributed by atoms with Crippen LogP contribution in [0, 0.1) is 5.92 Å². The minimum absolute atomic E-state index is 0.200. The van der Waals surface area contributed by atoms with Crippen molar-refractivity contribution < 1.29 is 15.0 Å². The van der Waals surface area contributed by atoms with Gasteiger partial charge in [-0.25, -0.2) is 0 Å². The number of hydrogen-bond acceptors (Lipinski definition) is 3. The van der Waals surface area contributed by atoms with Gasteiger partial charge in [-0.3, -0.25) is 4.79 Å². The number of aromatic hydroxyl groups is 1. The molecule has 0 fully saturated rings. The smallest absolute Gasteiger partial charge is 0.306 e. The van der Waals surface area contributed by atoms with Gasteiger partial charge in [0.05, 0.1) is 5.92 Å². The van der Waals surface area contributed by atoms with Crippen LogP contribution in [0.25, 0.3) is 0 Å². The number of aliphatic carboxylic acids is 1. The molecular weight excluding hydrogens is 554 g/mol. The van der Waals surface area contributed by atoms with E-state index < -0.39 is 5.97 Å². The molecule has 1 unspecified atom stereocenters. The lowest BCUT2D eigenvalue weighted by molar-refractivity contribution is -0.142. The topological polar surface area (TPSA) is 83.5 Å². The molecular formula is C41H77NO3. The zero-order chi connectivity index (χ0) is 34.1. The maximum Gasteiger partial charge on any atom is 0.306 e. The van der Waals surface area contributed by atoms with Crippen LogP contribution < -0.4 is 5.73 Å². The third-order valence-electron chi connectivity index (χ3n) is 9.08. The van der Waals surface area contributed by atoms with Gasteiger partial charge >= 0.3 is 5.97 Å². The van der Waals surface area contributed by atoms with Gasteiger partial charge in [0.1, 0.15) is 5.75 Å². The first-order valence-corrected chi connectivity index (χ1v) is 19.1. The molecule has 0 aliphatic carbocycles. The predicted octanol–water partition coefficient (Wildman–Crippen LogP) is 12.4. The van der Waals surface area contributed by atoms with Gasteiger partial charge in [0, 0.05) is 0 Å². The van der Waals surface area contributed by atoms with E-state index in [0.717, 1.165) is 42.5 Å². The van der Waals surface area contributed by atoms with Gasteiger partial charge in [0.2, 0.25) is 0 Å². The standard InChI is InChI=1S/C31H54O3.C10H23N/c1-8-9-10-11-12-13-14-15-16-17-18-19-20-25(29(33)34)21-24-22-26(30(2,3)4)28(32)27(23-24)31(5,6)7;1-2-3-4-5-6-7-8-9-10-11/h22-23,25,32H,8-21H2,1-7H3,(H,33,34);2-11H2,1H3. The summed E-state index contributed by atoms with van der Waals surface area (Å²) in [4.78, 5) is 12.0. The van der Waals surface area contributed by atoms with Crippen LogP contribution in [-0.2, 0) is 22.0 Å². The van der Waals surface area contributed by atoms with Crippen LogP contribution in [-0.4, -0.2) is 22.7 Å². The molecule has 1 aromatic rings. The summed E-state index contributed by atoms with van der Waals surface area (Å²) in [5.41, 5.74) is 7.83. The third-order valence-corrected chi connectivity index (χ3v) is 9.08. The zero-order valence-electron chi connectivity index (χ0n) is 31.4. The summed E-state index contributed by atoms with van der Waals surface area (Å²) in [6, 6.07) is 4.06. The third kappa shape index (κ3) is 21.8. The zero-order valence-corrected chi connectivity index (χ0v) is 31.4. The molecule has 4 heteroatoms. The van der Waals surface area contributed by atoms with Crippen molar-refractivity contribution in [1.82, 2.24) is 0 Å². The average molecular weight is 632 g/mol. The first-order valence-electron chi connectivity index (χ1n) is 19.1. The van der Waals surface area contributed by atoms with Crippen LogP contribution in [0.2, 0.25) is 0 Å². The van der Waals surface area contributed by atoms with Crippen molar-refractivity contribution in [1.29, 1.82) is 0 Å². The van der Waals surface area contributed by atoms with E-state index in [9.17, 15) is 15.0 Å². The van der Waals surface area contributed by atoms with E-state index in [2.05, 4.69) is 55.4 Å². The minimum atomic E-state index is -0.703. The molecule has 0 aliphatic heterocycles. The van der Waals surface area contributed by atoms with Crippen LogP contribution in [0.15, 0.2) is 12.1 Å². The lowest BCUT2D eigenvalue weighted by Crippen LogP contribution is -2.20. The van der Waals surface area contributed by atoms with Crippen LogP contribution in [0.1, 0.15) is 207 Å². The number of benzene rings is 1. The second-order valence-electron chi connectivity index (χ2n) is 15.7. The molecule has 1 atom stereocenters. The van der Waals surface area contributed by atoms with E-state index in [1.807, 2.05) is 12.1 Å². The van der Waals surface area contributed by atoms with Crippen LogP contribution in [0.4, 0.5) is 0 Å². The highest BCUT2D eigenvalue weighted by Gasteiger charge is 2.28. The Bertz CT molecular complexity index is 821. The lowest BCUT2D eigenvalue weighted by Gasteiger charge is -2.28. The molecule has 0 aromatic heterocycles. The number of phenolic OH excluding ortho intramolecular Hbond substituents is 1. The Kier molecular flexibility index (Phi) is 24.6. The monoisotopic (exact) mass is 632 g/mol. The molecule has 0 bridgehead atoms. The molecule has 0 spiro atoms. The molecule has 0 saturated heterocycles. The summed E-state index contributed by atoms with van der Waals surface area (Å²) >= 11 is 0. The molecule has 0 amide bonds. The first kappa shape index (κ1) is 43.5. The highest BCUT2D eigenvalue weighted by molar-refractivity contribution is 5.70. The highest BCUT2D eigenvalue weighted by atomic mass is 16.4. The van der Waals surface area contributed by atoms with Crippen molar-refractivity contribution in [3.05, 3.63) is 28.8 Å². The van der Waals surface area contributed by atoms with Crippen molar-refractivity contribution in [2.45, 2.75) is 207 Å². The quantitative estimate of drug-likeness (QED) is 0.0991. The summed E-state index contributed by atoms with van der Waals surface area (Å²) in [6.45, 7) is 18.0. The van der Waals surface area contributed by atoms with Crippen molar-refractivity contribution in [2.75, 3.05) is 6.54 Å².